The standard InChI is InChI=1S/C13H20ClNO3/c1-8(13(2,3)16)15-10-6-9(14)11(17-4)7-12(10)18-5/h6-8,15-16H,1-5H3. The molecule has 1 unspecified atom stereocenters. The van der Waals surface area contributed by atoms with Gasteiger partial charge >= 0.3 is 0 Å². The van der Waals surface area contributed by atoms with Crippen LogP contribution >= 0.6 is 11.6 Å². The van der Waals surface area contributed by atoms with E-state index < -0.39 is 5.60 Å². The Morgan fingerprint density at radius 2 is 1.78 bits per heavy atom. The number of benzene rings is 1. The maximum atomic E-state index is 9.92. The maximum absolute atomic E-state index is 9.92. The Morgan fingerprint density at radius 1 is 1.22 bits per heavy atom. The minimum atomic E-state index is -0.850. The lowest BCUT2D eigenvalue weighted by molar-refractivity contribution is 0.0648. The zero-order valence-corrected chi connectivity index (χ0v) is 12.1. The first-order valence-electron chi connectivity index (χ1n) is 5.70. The molecule has 1 aromatic rings. The zero-order valence-electron chi connectivity index (χ0n) is 11.4. The summed E-state index contributed by atoms with van der Waals surface area (Å²) >= 11 is 6.07. The van der Waals surface area contributed by atoms with Crippen molar-refractivity contribution in [3.05, 3.63) is 17.2 Å². The van der Waals surface area contributed by atoms with E-state index in [-0.39, 0.29) is 6.04 Å². The van der Waals surface area contributed by atoms with Gasteiger partial charge in [-0.25, -0.2) is 0 Å². The van der Waals surface area contributed by atoms with Crippen LogP contribution in [0, 0.1) is 0 Å². The number of halogens is 1. The highest BCUT2D eigenvalue weighted by Gasteiger charge is 2.23. The molecule has 0 aromatic heterocycles. The van der Waals surface area contributed by atoms with Crippen LogP contribution in [-0.2, 0) is 0 Å². The molecular weight excluding hydrogens is 254 g/mol. The summed E-state index contributed by atoms with van der Waals surface area (Å²) in [5, 5.41) is 13.6. The number of rotatable bonds is 5. The second kappa shape index (κ2) is 5.67. The number of hydrogen-bond donors (Lipinski definition) is 2. The average molecular weight is 274 g/mol. The fraction of sp³-hybridized carbons (Fsp3) is 0.538. The van der Waals surface area contributed by atoms with Crippen molar-refractivity contribution in [2.24, 2.45) is 0 Å². The molecule has 2 N–H and O–H groups in total. The largest absolute Gasteiger partial charge is 0.495 e. The van der Waals surface area contributed by atoms with E-state index in [0.29, 0.717) is 16.5 Å². The smallest absolute Gasteiger partial charge is 0.145 e. The molecule has 0 aliphatic heterocycles. The van der Waals surface area contributed by atoms with Gasteiger partial charge in [0.2, 0.25) is 0 Å². The van der Waals surface area contributed by atoms with Crippen molar-refractivity contribution in [2.45, 2.75) is 32.4 Å². The van der Waals surface area contributed by atoms with E-state index in [4.69, 9.17) is 21.1 Å². The minimum absolute atomic E-state index is 0.157. The van der Waals surface area contributed by atoms with Crippen LogP contribution in [-0.4, -0.2) is 31.0 Å². The van der Waals surface area contributed by atoms with Crippen LogP contribution in [0.25, 0.3) is 0 Å². The molecule has 1 aromatic carbocycles. The lowest BCUT2D eigenvalue weighted by Crippen LogP contribution is -2.39. The number of ether oxygens (including phenoxy) is 2. The van der Waals surface area contributed by atoms with Gasteiger partial charge in [-0.05, 0) is 26.8 Å². The fourth-order valence-electron chi connectivity index (χ4n) is 1.38. The molecule has 5 heteroatoms. The third-order valence-corrected chi connectivity index (χ3v) is 3.20. The SMILES string of the molecule is COc1cc(OC)c(NC(C)C(C)(C)O)cc1Cl. The normalized spacial score (nSPS) is 13.1. The molecule has 0 fully saturated rings. The number of hydrogen-bond acceptors (Lipinski definition) is 4. The molecule has 0 bridgehead atoms. The van der Waals surface area contributed by atoms with Gasteiger partial charge in [-0.15, -0.1) is 0 Å². The summed E-state index contributed by atoms with van der Waals surface area (Å²) in [6, 6.07) is 3.28. The molecule has 4 nitrogen and oxygen atoms in total. The van der Waals surface area contributed by atoms with Gasteiger partial charge in [0.15, 0.2) is 0 Å². The van der Waals surface area contributed by atoms with Crippen molar-refractivity contribution in [3.8, 4) is 11.5 Å². The first-order chi connectivity index (χ1) is 8.29. The van der Waals surface area contributed by atoms with Crippen molar-refractivity contribution >= 4 is 17.3 Å². The highest BCUT2D eigenvalue weighted by atomic mass is 35.5. The highest BCUT2D eigenvalue weighted by molar-refractivity contribution is 6.32. The topological polar surface area (TPSA) is 50.7 Å². The van der Waals surface area contributed by atoms with E-state index in [1.165, 1.54) is 0 Å². The second-order valence-corrected chi connectivity index (χ2v) is 5.11. The summed E-state index contributed by atoms with van der Waals surface area (Å²) in [7, 11) is 3.12. The maximum Gasteiger partial charge on any atom is 0.145 e. The number of anilines is 1. The molecule has 0 aliphatic carbocycles. The first kappa shape index (κ1) is 14.9. The monoisotopic (exact) mass is 273 g/mol. The van der Waals surface area contributed by atoms with Crippen molar-refractivity contribution in [2.75, 3.05) is 19.5 Å². The number of aliphatic hydroxyl groups is 1. The summed E-state index contributed by atoms with van der Waals surface area (Å²) in [5.41, 5.74) is -0.129. The minimum Gasteiger partial charge on any atom is -0.495 e. The summed E-state index contributed by atoms with van der Waals surface area (Å²) in [4.78, 5) is 0. The van der Waals surface area contributed by atoms with Crippen molar-refractivity contribution in [1.82, 2.24) is 0 Å². The molecule has 0 spiro atoms. The van der Waals surface area contributed by atoms with Gasteiger partial charge in [0.05, 0.1) is 36.6 Å². The molecule has 1 atom stereocenters. The quantitative estimate of drug-likeness (QED) is 0.866. The molecule has 0 saturated heterocycles. The Balaban J connectivity index is 3.05. The van der Waals surface area contributed by atoms with Crippen molar-refractivity contribution in [1.29, 1.82) is 0 Å². The van der Waals surface area contributed by atoms with Crippen molar-refractivity contribution in [3.63, 3.8) is 0 Å². The van der Waals surface area contributed by atoms with Crippen molar-refractivity contribution < 1.29 is 14.6 Å². The predicted molar refractivity (Wildman–Crippen MR) is 73.9 cm³/mol. The van der Waals surface area contributed by atoms with E-state index in [0.717, 1.165) is 5.69 Å². The van der Waals surface area contributed by atoms with E-state index in [1.807, 2.05) is 6.92 Å². The molecular formula is C13H20ClNO3. The third kappa shape index (κ3) is 3.43. The molecule has 102 valence electrons. The first-order valence-corrected chi connectivity index (χ1v) is 6.07. The Kier molecular flexibility index (Phi) is 4.71. The van der Waals surface area contributed by atoms with Gasteiger partial charge in [-0.2, -0.15) is 0 Å². The molecule has 0 aliphatic rings. The van der Waals surface area contributed by atoms with Crippen LogP contribution in [0.15, 0.2) is 12.1 Å². The highest BCUT2D eigenvalue weighted by Crippen LogP contribution is 2.36. The van der Waals surface area contributed by atoms with Crippen LogP contribution < -0.4 is 14.8 Å². The number of methoxy groups -OCH3 is 2. The van der Waals surface area contributed by atoms with E-state index in [2.05, 4.69) is 5.32 Å². The Labute approximate surface area is 113 Å². The van der Waals surface area contributed by atoms with Crippen LogP contribution in [0.3, 0.4) is 0 Å². The lowest BCUT2D eigenvalue weighted by Gasteiger charge is -2.28. The molecule has 0 heterocycles. The molecule has 1 rings (SSSR count). The van der Waals surface area contributed by atoms with E-state index in [1.54, 1.807) is 40.2 Å². The summed E-state index contributed by atoms with van der Waals surface area (Å²) in [5.74, 6) is 1.17. The Hall–Kier alpha value is -1.13. The molecule has 0 amide bonds. The fourth-order valence-corrected chi connectivity index (χ4v) is 1.62. The van der Waals surface area contributed by atoms with Crippen LogP contribution in [0.5, 0.6) is 11.5 Å². The van der Waals surface area contributed by atoms with Gasteiger partial charge in [-0.3, -0.25) is 0 Å². The lowest BCUT2D eigenvalue weighted by atomic mass is 10.0. The van der Waals surface area contributed by atoms with E-state index >= 15 is 0 Å². The molecule has 0 saturated carbocycles. The summed E-state index contributed by atoms with van der Waals surface area (Å²) in [6.07, 6.45) is 0. The summed E-state index contributed by atoms with van der Waals surface area (Å²) in [6.45, 7) is 5.36. The molecule has 0 radical (unpaired) electrons. The Bertz CT molecular complexity index is 415. The van der Waals surface area contributed by atoms with Gasteiger partial charge in [-0.1, -0.05) is 11.6 Å². The zero-order chi connectivity index (χ0) is 13.9. The van der Waals surface area contributed by atoms with Crippen LogP contribution in [0.4, 0.5) is 5.69 Å². The van der Waals surface area contributed by atoms with E-state index in [9.17, 15) is 5.11 Å². The second-order valence-electron chi connectivity index (χ2n) is 4.71. The molecule has 18 heavy (non-hydrogen) atoms. The van der Waals surface area contributed by atoms with Crippen LogP contribution in [0.2, 0.25) is 5.02 Å². The number of nitrogens with one attached hydrogen (secondary N) is 1. The average Bonchev–Trinajstić information content (AvgIpc) is 2.28. The third-order valence-electron chi connectivity index (χ3n) is 2.91. The van der Waals surface area contributed by atoms with Gasteiger partial charge < -0.3 is 19.9 Å². The van der Waals surface area contributed by atoms with Gasteiger partial charge in [0, 0.05) is 6.07 Å². The Morgan fingerprint density at radius 3 is 2.22 bits per heavy atom. The van der Waals surface area contributed by atoms with Gasteiger partial charge in [0.1, 0.15) is 11.5 Å². The summed E-state index contributed by atoms with van der Waals surface area (Å²) < 4.78 is 10.4. The predicted octanol–water partition coefficient (Wildman–Crippen LogP) is 2.93. The van der Waals surface area contributed by atoms with Gasteiger partial charge in [0.25, 0.3) is 0 Å². The van der Waals surface area contributed by atoms with Crippen LogP contribution in [0.1, 0.15) is 20.8 Å².